The van der Waals surface area contributed by atoms with Crippen LogP contribution >= 0.6 is 12.2 Å². The summed E-state index contributed by atoms with van der Waals surface area (Å²) in [7, 11) is 4.06. The Kier molecular flexibility index (Phi) is 3.81. The van der Waals surface area contributed by atoms with Crippen LogP contribution in [0.3, 0.4) is 0 Å². The molecule has 0 unspecified atom stereocenters. The Hall–Kier alpha value is -1.62. The van der Waals surface area contributed by atoms with Crippen molar-refractivity contribution in [1.82, 2.24) is 14.8 Å². The van der Waals surface area contributed by atoms with Gasteiger partial charge in [0.1, 0.15) is 0 Å². The lowest BCUT2D eigenvalue weighted by Gasteiger charge is -2.12. The Morgan fingerprint density at radius 2 is 1.94 bits per heavy atom. The van der Waals surface area contributed by atoms with Gasteiger partial charge in [0.2, 0.25) is 0 Å². The third-order valence-electron chi connectivity index (χ3n) is 2.85. The third kappa shape index (κ3) is 2.46. The topological polar surface area (TPSA) is 36.9 Å². The highest BCUT2D eigenvalue weighted by Gasteiger charge is 2.08. The molecule has 0 saturated carbocycles. The molecule has 1 aromatic carbocycles. The van der Waals surface area contributed by atoms with Gasteiger partial charge in [-0.2, -0.15) is 5.10 Å². The Balaban J connectivity index is 2.39. The molecule has 2 rings (SSSR count). The van der Waals surface area contributed by atoms with Crippen LogP contribution in [0, 0.1) is 4.77 Å². The van der Waals surface area contributed by atoms with Crippen molar-refractivity contribution in [3.05, 3.63) is 29.0 Å². The van der Waals surface area contributed by atoms with E-state index < -0.39 is 0 Å². The highest BCUT2D eigenvalue weighted by Crippen LogP contribution is 2.21. The largest absolute Gasteiger partial charge is 0.378 e. The summed E-state index contributed by atoms with van der Waals surface area (Å²) in [6.45, 7) is 3.02. The third-order valence-corrected chi connectivity index (χ3v) is 3.16. The van der Waals surface area contributed by atoms with Gasteiger partial charge in [-0.1, -0.05) is 6.92 Å². The number of rotatable bonds is 4. The van der Waals surface area contributed by atoms with Gasteiger partial charge in [0, 0.05) is 31.9 Å². The van der Waals surface area contributed by atoms with Gasteiger partial charge in [0.25, 0.3) is 0 Å². The van der Waals surface area contributed by atoms with E-state index in [2.05, 4.69) is 46.3 Å². The zero-order valence-electron chi connectivity index (χ0n) is 11.0. The summed E-state index contributed by atoms with van der Waals surface area (Å²) >= 11 is 5.24. The van der Waals surface area contributed by atoms with Crippen molar-refractivity contribution in [2.45, 2.75) is 19.9 Å². The van der Waals surface area contributed by atoms with Crippen LogP contribution in [0.15, 0.2) is 24.3 Å². The van der Waals surface area contributed by atoms with E-state index in [-0.39, 0.29) is 0 Å². The van der Waals surface area contributed by atoms with Crippen LogP contribution in [0.1, 0.15) is 13.3 Å². The molecule has 0 radical (unpaired) electrons. The number of anilines is 1. The fourth-order valence-corrected chi connectivity index (χ4v) is 2.10. The summed E-state index contributed by atoms with van der Waals surface area (Å²) in [5, 5.41) is 7.17. The molecule has 0 aliphatic rings. The summed E-state index contributed by atoms with van der Waals surface area (Å²) in [6, 6.07) is 8.32. The smallest absolute Gasteiger partial charge is 0.195 e. The first kappa shape index (κ1) is 12.8. The molecule has 0 saturated heterocycles. The Morgan fingerprint density at radius 3 is 2.50 bits per heavy atom. The van der Waals surface area contributed by atoms with E-state index in [1.807, 2.05) is 18.7 Å². The van der Waals surface area contributed by atoms with E-state index in [1.54, 1.807) is 0 Å². The van der Waals surface area contributed by atoms with Crippen LogP contribution in [-0.4, -0.2) is 28.9 Å². The number of nitrogens with zero attached hydrogens (tertiary/aromatic N) is 3. The van der Waals surface area contributed by atoms with E-state index in [4.69, 9.17) is 12.2 Å². The van der Waals surface area contributed by atoms with Gasteiger partial charge in [0.15, 0.2) is 10.6 Å². The molecule has 2 aromatic rings. The first-order valence-electron chi connectivity index (χ1n) is 6.06. The number of aromatic nitrogens is 3. The van der Waals surface area contributed by atoms with Crippen molar-refractivity contribution in [3.8, 4) is 11.4 Å². The molecule has 5 heteroatoms. The predicted molar refractivity (Wildman–Crippen MR) is 77.5 cm³/mol. The molecule has 0 atom stereocenters. The lowest BCUT2D eigenvalue weighted by Crippen LogP contribution is -2.08. The molecule has 96 valence electrons. The van der Waals surface area contributed by atoms with Gasteiger partial charge in [0.05, 0.1) is 0 Å². The van der Waals surface area contributed by atoms with Crippen LogP contribution in [0.4, 0.5) is 5.69 Å². The molecule has 1 N–H and O–H groups in total. The molecule has 0 bridgehead atoms. The zero-order chi connectivity index (χ0) is 13.1. The van der Waals surface area contributed by atoms with Crippen molar-refractivity contribution >= 4 is 17.9 Å². The minimum absolute atomic E-state index is 0.684. The lowest BCUT2D eigenvalue weighted by molar-refractivity contribution is 0.675. The van der Waals surface area contributed by atoms with Crippen molar-refractivity contribution in [3.63, 3.8) is 0 Å². The molecule has 1 aromatic heterocycles. The minimum atomic E-state index is 0.684. The average Bonchev–Trinajstić information content (AvgIpc) is 2.72. The van der Waals surface area contributed by atoms with Crippen molar-refractivity contribution < 1.29 is 0 Å². The number of aromatic amines is 1. The van der Waals surface area contributed by atoms with Crippen LogP contribution < -0.4 is 4.90 Å². The van der Waals surface area contributed by atoms with Crippen molar-refractivity contribution in [2.24, 2.45) is 0 Å². The van der Waals surface area contributed by atoms with E-state index in [9.17, 15) is 0 Å². The maximum absolute atomic E-state index is 5.24. The van der Waals surface area contributed by atoms with Crippen LogP contribution in [-0.2, 0) is 6.54 Å². The Labute approximate surface area is 112 Å². The molecule has 0 fully saturated rings. The predicted octanol–water partition coefficient (Wildman–Crippen LogP) is 3.08. The van der Waals surface area contributed by atoms with Crippen LogP contribution in [0.5, 0.6) is 0 Å². The highest BCUT2D eigenvalue weighted by molar-refractivity contribution is 7.71. The molecule has 4 nitrogen and oxygen atoms in total. The van der Waals surface area contributed by atoms with Gasteiger partial charge in [-0.05, 0) is 42.9 Å². The number of hydrogen-bond acceptors (Lipinski definition) is 3. The molecule has 0 aliphatic heterocycles. The second-order valence-corrected chi connectivity index (χ2v) is 4.83. The first-order valence-corrected chi connectivity index (χ1v) is 6.47. The summed E-state index contributed by atoms with van der Waals surface area (Å²) < 4.78 is 2.73. The van der Waals surface area contributed by atoms with Crippen LogP contribution in [0.2, 0.25) is 0 Å². The van der Waals surface area contributed by atoms with Crippen molar-refractivity contribution in [1.29, 1.82) is 0 Å². The second kappa shape index (κ2) is 5.35. The minimum Gasteiger partial charge on any atom is -0.378 e. The quantitative estimate of drug-likeness (QED) is 0.860. The van der Waals surface area contributed by atoms with E-state index in [0.29, 0.717) is 4.77 Å². The standard InChI is InChI=1S/C13H18N4S/c1-4-9-17-12(14-15-13(17)18)10-5-7-11(8-6-10)16(2)3/h5-8H,4,9H2,1-3H3,(H,15,18). The first-order chi connectivity index (χ1) is 8.63. The molecule has 1 heterocycles. The van der Waals surface area contributed by atoms with Gasteiger partial charge >= 0.3 is 0 Å². The maximum atomic E-state index is 5.24. The number of H-pyrrole nitrogens is 1. The SMILES string of the molecule is CCCn1c(-c2ccc(N(C)C)cc2)n[nH]c1=S. The number of nitrogens with one attached hydrogen (secondary N) is 1. The summed E-state index contributed by atoms with van der Waals surface area (Å²) in [5.74, 6) is 0.909. The van der Waals surface area contributed by atoms with Crippen LogP contribution in [0.25, 0.3) is 11.4 Å². The number of benzene rings is 1. The normalized spacial score (nSPS) is 10.6. The van der Waals surface area contributed by atoms with E-state index >= 15 is 0 Å². The van der Waals surface area contributed by atoms with E-state index in [1.165, 1.54) is 5.69 Å². The van der Waals surface area contributed by atoms with Gasteiger partial charge in [-0.25, -0.2) is 0 Å². The van der Waals surface area contributed by atoms with Gasteiger partial charge in [-0.15, -0.1) is 0 Å². The second-order valence-electron chi connectivity index (χ2n) is 4.45. The van der Waals surface area contributed by atoms with Crippen molar-refractivity contribution in [2.75, 3.05) is 19.0 Å². The highest BCUT2D eigenvalue weighted by atomic mass is 32.1. The Bertz CT molecular complexity index is 565. The Morgan fingerprint density at radius 1 is 1.28 bits per heavy atom. The summed E-state index contributed by atoms with van der Waals surface area (Å²) in [5.41, 5.74) is 2.26. The van der Waals surface area contributed by atoms with Gasteiger partial charge in [-0.3, -0.25) is 5.10 Å². The monoisotopic (exact) mass is 262 g/mol. The lowest BCUT2D eigenvalue weighted by atomic mass is 10.2. The fourth-order valence-electron chi connectivity index (χ4n) is 1.88. The summed E-state index contributed by atoms with van der Waals surface area (Å²) in [6.07, 6.45) is 1.04. The number of hydrogen-bond donors (Lipinski definition) is 1. The molecule has 0 spiro atoms. The zero-order valence-corrected chi connectivity index (χ0v) is 11.8. The maximum Gasteiger partial charge on any atom is 0.195 e. The average molecular weight is 262 g/mol. The fraction of sp³-hybridized carbons (Fsp3) is 0.385. The molecule has 0 aliphatic carbocycles. The van der Waals surface area contributed by atoms with Gasteiger partial charge < -0.3 is 9.47 Å². The molecule has 18 heavy (non-hydrogen) atoms. The summed E-state index contributed by atoms with van der Waals surface area (Å²) in [4.78, 5) is 2.08. The molecular weight excluding hydrogens is 244 g/mol. The molecular formula is C13H18N4S. The van der Waals surface area contributed by atoms with E-state index in [0.717, 1.165) is 24.4 Å². The molecule has 0 amide bonds.